The Balaban J connectivity index is 2.37. The van der Waals surface area contributed by atoms with Gasteiger partial charge < -0.3 is 9.47 Å². The quantitative estimate of drug-likeness (QED) is 0.645. The lowest BCUT2D eigenvalue weighted by Gasteiger charge is -2.18. The number of benzene rings is 1. The van der Waals surface area contributed by atoms with Crippen LogP contribution in [0.1, 0.15) is 39.2 Å². The van der Waals surface area contributed by atoms with Crippen LogP contribution in [0.25, 0.3) is 0 Å². The van der Waals surface area contributed by atoms with E-state index in [9.17, 15) is 17.2 Å². The molecule has 0 radical (unpaired) electrons. The van der Waals surface area contributed by atoms with Gasteiger partial charge in [0.2, 0.25) is 5.82 Å². The second kappa shape index (κ2) is 8.65. The summed E-state index contributed by atoms with van der Waals surface area (Å²) in [6, 6.07) is 3.14. The number of aryl methyl sites for hydroxylation is 1. The number of nitrogens with zero attached hydrogens (tertiary/aromatic N) is 1. The van der Waals surface area contributed by atoms with Crippen LogP contribution in [0.5, 0.6) is 17.4 Å². The highest BCUT2D eigenvalue weighted by Crippen LogP contribution is 2.34. The molecule has 0 fully saturated rings. The number of hydrogen-bond acceptors (Lipinski definition) is 5. The Morgan fingerprint density at radius 2 is 1.93 bits per heavy atom. The Hall–Kier alpha value is -2.22. The van der Waals surface area contributed by atoms with Crippen molar-refractivity contribution < 1.29 is 26.7 Å². The third-order valence-corrected chi connectivity index (χ3v) is 5.06. The molecular formula is C19H23F2NO4S. The Morgan fingerprint density at radius 3 is 2.48 bits per heavy atom. The van der Waals surface area contributed by atoms with E-state index in [1.165, 1.54) is 12.3 Å². The van der Waals surface area contributed by atoms with Crippen LogP contribution in [-0.2, 0) is 16.3 Å². The molecule has 0 aliphatic rings. The minimum atomic E-state index is -3.56. The molecule has 1 unspecified atom stereocenters. The van der Waals surface area contributed by atoms with Crippen molar-refractivity contribution in [3.8, 4) is 17.4 Å². The molecule has 1 heterocycles. The van der Waals surface area contributed by atoms with E-state index in [-0.39, 0.29) is 22.5 Å². The molecule has 5 nitrogen and oxygen atoms in total. The summed E-state index contributed by atoms with van der Waals surface area (Å²) in [5.74, 6) is -2.47. The normalized spacial score (nSPS) is 12.7. The first-order chi connectivity index (χ1) is 12.7. The average molecular weight is 399 g/mol. The molecule has 27 heavy (non-hydrogen) atoms. The fourth-order valence-corrected chi connectivity index (χ4v) is 3.14. The van der Waals surface area contributed by atoms with Crippen molar-refractivity contribution in [3.05, 3.63) is 41.6 Å². The lowest BCUT2D eigenvalue weighted by molar-refractivity contribution is 0.196. The summed E-state index contributed by atoms with van der Waals surface area (Å²) in [6.07, 6.45) is 4.34. The molecule has 0 N–H and O–H groups in total. The summed E-state index contributed by atoms with van der Waals surface area (Å²) in [4.78, 5) is 3.71. The van der Waals surface area contributed by atoms with Gasteiger partial charge in [0.15, 0.2) is 27.2 Å². The molecule has 0 amide bonds. The highest BCUT2D eigenvalue weighted by molar-refractivity contribution is 7.90. The van der Waals surface area contributed by atoms with Gasteiger partial charge in [-0.2, -0.15) is 4.39 Å². The van der Waals surface area contributed by atoms with Crippen LogP contribution in [0, 0.1) is 11.6 Å². The van der Waals surface area contributed by atoms with Crippen molar-refractivity contribution in [2.45, 2.75) is 51.0 Å². The van der Waals surface area contributed by atoms with Crippen LogP contribution in [0.15, 0.2) is 29.3 Å². The maximum absolute atomic E-state index is 14.9. The Kier molecular flexibility index (Phi) is 6.75. The first-order valence-electron chi connectivity index (χ1n) is 8.68. The van der Waals surface area contributed by atoms with E-state index in [4.69, 9.17) is 9.47 Å². The summed E-state index contributed by atoms with van der Waals surface area (Å²) in [7, 11) is -3.56. The molecule has 0 bridgehead atoms. The third-order valence-electron chi connectivity index (χ3n) is 3.95. The zero-order valence-electron chi connectivity index (χ0n) is 15.8. The lowest BCUT2D eigenvalue weighted by Crippen LogP contribution is -2.14. The predicted molar refractivity (Wildman–Crippen MR) is 98.2 cm³/mol. The Labute approximate surface area is 158 Å². The second-order valence-corrected chi connectivity index (χ2v) is 8.28. The van der Waals surface area contributed by atoms with Crippen molar-refractivity contribution in [2.75, 3.05) is 6.26 Å². The van der Waals surface area contributed by atoms with Gasteiger partial charge in [0, 0.05) is 18.0 Å². The minimum Gasteiger partial charge on any atom is -0.487 e. The van der Waals surface area contributed by atoms with Gasteiger partial charge in [-0.15, -0.1) is 0 Å². The first-order valence-corrected chi connectivity index (χ1v) is 10.6. The zero-order chi connectivity index (χ0) is 20.2. The van der Waals surface area contributed by atoms with Crippen LogP contribution in [0.2, 0.25) is 0 Å². The van der Waals surface area contributed by atoms with Gasteiger partial charge in [-0.25, -0.2) is 17.8 Å². The number of hydrogen-bond donors (Lipinski definition) is 0. The van der Waals surface area contributed by atoms with Crippen LogP contribution in [0.3, 0.4) is 0 Å². The van der Waals surface area contributed by atoms with Gasteiger partial charge in [0.05, 0.1) is 11.0 Å². The molecule has 1 atom stereocenters. The Morgan fingerprint density at radius 1 is 1.22 bits per heavy atom. The van der Waals surface area contributed by atoms with Crippen molar-refractivity contribution in [1.82, 2.24) is 4.98 Å². The number of pyridine rings is 1. The van der Waals surface area contributed by atoms with E-state index in [0.29, 0.717) is 12.0 Å². The van der Waals surface area contributed by atoms with E-state index < -0.39 is 27.4 Å². The first kappa shape index (κ1) is 21.1. The molecule has 0 saturated carbocycles. The second-order valence-electron chi connectivity index (χ2n) is 6.27. The van der Waals surface area contributed by atoms with E-state index in [1.54, 1.807) is 0 Å². The Bertz CT molecular complexity index is 916. The molecule has 1 aromatic carbocycles. The maximum atomic E-state index is 14.9. The molecule has 0 aliphatic heterocycles. The van der Waals surface area contributed by atoms with Crippen molar-refractivity contribution >= 4 is 9.84 Å². The SMILES string of the molecule is CCCC(C)Oc1c(CC)cnc(Oc2ccc(S(C)(=O)=O)cc2F)c1F. The third kappa shape index (κ3) is 5.15. The summed E-state index contributed by atoms with van der Waals surface area (Å²) < 4.78 is 63.0. The van der Waals surface area contributed by atoms with Crippen LogP contribution in [0.4, 0.5) is 8.78 Å². The monoisotopic (exact) mass is 399 g/mol. The van der Waals surface area contributed by atoms with Crippen molar-refractivity contribution in [2.24, 2.45) is 0 Å². The van der Waals surface area contributed by atoms with Crippen LogP contribution in [-0.4, -0.2) is 25.8 Å². The maximum Gasteiger partial charge on any atom is 0.259 e. The van der Waals surface area contributed by atoms with Gasteiger partial charge in [-0.3, -0.25) is 0 Å². The topological polar surface area (TPSA) is 65.5 Å². The standard InChI is InChI=1S/C19H23F2NO4S/c1-5-7-12(3)25-18-13(6-2)11-22-19(17(18)21)26-16-9-8-14(10-15(16)20)27(4,23)24/h8-12H,5-7H2,1-4H3. The molecule has 0 spiro atoms. The number of aromatic nitrogens is 1. The molecule has 8 heteroatoms. The predicted octanol–water partition coefficient (Wildman–Crippen LogP) is 4.69. The van der Waals surface area contributed by atoms with Crippen molar-refractivity contribution in [1.29, 1.82) is 0 Å². The van der Waals surface area contributed by atoms with Gasteiger partial charge in [0.25, 0.3) is 5.88 Å². The van der Waals surface area contributed by atoms with Gasteiger partial charge >= 0.3 is 0 Å². The van der Waals surface area contributed by atoms with E-state index >= 15 is 0 Å². The van der Waals surface area contributed by atoms with Crippen LogP contribution >= 0.6 is 0 Å². The fourth-order valence-electron chi connectivity index (χ4n) is 2.51. The highest BCUT2D eigenvalue weighted by Gasteiger charge is 2.21. The van der Waals surface area contributed by atoms with E-state index in [0.717, 1.165) is 31.2 Å². The van der Waals surface area contributed by atoms with Gasteiger partial charge in [0.1, 0.15) is 0 Å². The summed E-state index contributed by atoms with van der Waals surface area (Å²) in [6.45, 7) is 5.69. The molecule has 1 aromatic heterocycles. The lowest BCUT2D eigenvalue weighted by atomic mass is 10.2. The fraction of sp³-hybridized carbons (Fsp3) is 0.421. The van der Waals surface area contributed by atoms with Gasteiger partial charge in [-0.05, 0) is 38.0 Å². The number of ether oxygens (including phenoxy) is 2. The van der Waals surface area contributed by atoms with Crippen LogP contribution < -0.4 is 9.47 Å². The zero-order valence-corrected chi connectivity index (χ0v) is 16.6. The smallest absolute Gasteiger partial charge is 0.259 e. The molecule has 2 rings (SSSR count). The largest absolute Gasteiger partial charge is 0.487 e. The summed E-state index contributed by atoms with van der Waals surface area (Å²) >= 11 is 0. The van der Waals surface area contributed by atoms with Gasteiger partial charge in [-0.1, -0.05) is 20.3 Å². The summed E-state index contributed by atoms with van der Waals surface area (Å²) in [5, 5.41) is 0. The molecular weight excluding hydrogens is 376 g/mol. The molecule has 148 valence electrons. The molecule has 0 saturated heterocycles. The summed E-state index contributed by atoms with van der Waals surface area (Å²) in [5.41, 5.74) is 0.579. The number of rotatable bonds is 8. The number of halogens is 2. The van der Waals surface area contributed by atoms with Crippen molar-refractivity contribution in [3.63, 3.8) is 0 Å². The average Bonchev–Trinajstić information content (AvgIpc) is 2.59. The molecule has 2 aromatic rings. The number of sulfone groups is 1. The van der Waals surface area contributed by atoms with E-state index in [2.05, 4.69) is 4.98 Å². The highest BCUT2D eigenvalue weighted by atomic mass is 32.2. The molecule has 0 aliphatic carbocycles. The minimum absolute atomic E-state index is 0.0385. The van der Waals surface area contributed by atoms with E-state index in [1.807, 2.05) is 20.8 Å².